The lowest BCUT2D eigenvalue weighted by atomic mass is 10.1. The van der Waals surface area contributed by atoms with Crippen molar-refractivity contribution in [1.29, 1.82) is 0 Å². The van der Waals surface area contributed by atoms with Crippen molar-refractivity contribution >= 4 is 20.4 Å². The molecule has 46 heavy (non-hydrogen) atoms. The molecule has 0 N–H and O–H groups in total. The smallest absolute Gasteiger partial charge is 0.460 e. The monoisotopic (exact) mass is 706 g/mol. The number of benzene rings is 3. The summed E-state index contributed by atoms with van der Waals surface area (Å²) in [6, 6.07) is 16.4. The van der Waals surface area contributed by atoms with E-state index in [0.717, 1.165) is 0 Å². The minimum atomic E-state index is -7.49. The summed E-state index contributed by atoms with van der Waals surface area (Å²) in [4.78, 5) is -0.696. The van der Waals surface area contributed by atoms with Crippen molar-refractivity contribution in [1.82, 2.24) is 0 Å². The van der Waals surface area contributed by atoms with Crippen LogP contribution in [0.3, 0.4) is 0 Å². The molecule has 0 aliphatic heterocycles. The quantitative estimate of drug-likeness (QED) is 0.197. The van der Waals surface area contributed by atoms with Crippen molar-refractivity contribution in [2.24, 2.45) is 0 Å². The van der Waals surface area contributed by atoms with Gasteiger partial charge in [-0.3, -0.25) is 0 Å². The molecule has 0 atom stereocenters. The van der Waals surface area contributed by atoms with Crippen LogP contribution < -0.4 is 9.47 Å². The van der Waals surface area contributed by atoms with Crippen molar-refractivity contribution in [2.45, 2.75) is 90.7 Å². The molecule has 0 aromatic heterocycles. The number of hydrogen-bond donors (Lipinski definition) is 0. The molecule has 3 aromatic rings. The molecule has 0 spiro atoms. The molecule has 0 heterocycles. The van der Waals surface area contributed by atoms with Gasteiger partial charge in [-0.15, -0.1) is 0 Å². The topological polar surface area (TPSA) is 61.8 Å². The fraction of sp³-hybridized carbons (Fsp3) is 0.400. The van der Waals surface area contributed by atoms with Crippen LogP contribution in [0.25, 0.3) is 0 Å². The van der Waals surface area contributed by atoms with Crippen LogP contribution in [0.1, 0.15) is 41.5 Å². The van der Waals surface area contributed by atoms with E-state index in [9.17, 15) is 39.2 Å². The summed E-state index contributed by atoms with van der Waals surface area (Å²) in [5, 5.41) is -7.09. The zero-order chi connectivity index (χ0) is 35.2. The standard InChI is InChI=1S/C30H31F9O5S2/c1-25(2,3)42-20-12-16-23(17-13-20)45(22-10-8-7-9-11-22,24-18-14-21(15-19-24)43-26(4,5)6)44-46(40,41)30(38,39)28(33,34)27(31,32)29(35,36)37/h7-19H,1-6H3. The van der Waals surface area contributed by atoms with E-state index in [0.29, 0.717) is 0 Å². The second-order valence-corrected chi connectivity index (χ2v) is 16.4. The third-order valence-electron chi connectivity index (χ3n) is 5.86. The minimum absolute atomic E-state index is 0.205. The number of ether oxygens (including phenoxy) is 2. The van der Waals surface area contributed by atoms with Crippen molar-refractivity contribution in [2.75, 3.05) is 0 Å². The number of alkyl halides is 9. The molecular formula is C30H31F9O5S2. The number of hydrogen-bond acceptors (Lipinski definition) is 5. The van der Waals surface area contributed by atoms with E-state index in [1.807, 2.05) is 0 Å². The van der Waals surface area contributed by atoms with E-state index < -0.39 is 54.9 Å². The van der Waals surface area contributed by atoms with E-state index in [4.69, 9.17) is 13.1 Å². The van der Waals surface area contributed by atoms with Gasteiger partial charge in [-0.1, -0.05) is 18.2 Å². The molecule has 0 amide bonds. The van der Waals surface area contributed by atoms with Crippen LogP contribution in [0.15, 0.2) is 93.5 Å². The van der Waals surface area contributed by atoms with E-state index in [-0.39, 0.29) is 26.2 Å². The van der Waals surface area contributed by atoms with Crippen molar-refractivity contribution in [3.63, 3.8) is 0 Å². The Morgan fingerprint density at radius 1 is 0.500 bits per heavy atom. The minimum Gasteiger partial charge on any atom is -0.488 e. The Morgan fingerprint density at radius 3 is 1.17 bits per heavy atom. The zero-order valence-corrected chi connectivity index (χ0v) is 26.9. The van der Waals surface area contributed by atoms with Crippen molar-refractivity contribution < 1.29 is 61.0 Å². The Hall–Kier alpha value is -3.11. The third kappa shape index (κ3) is 7.23. The molecule has 0 bridgehead atoms. The molecule has 5 nitrogen and oxygen atoms in total. The molecule has 16 heteroatoms. The summed E-state index contributed by atoms with van der Waals surface area (Å²) in [7, 11) is -11.5. The molecule has 0 saturated carbocycles. The van der Waals surface area contributed by atoms with E-state index in [2.05, 4.69) is 0 Å². The average Bonchev–Trinajstić information content (AvgIpc) is 2.90. The van der Waals surface area contributed by atoms with E-state index in [1.165, 1.54) is 78.9 Å². The van der Waals surface area contributed by atoms with Crippen LogP contribution in [-0.2, 0) is 13.7 Å². The Morgan fingerprint density at radius 2 is 0.848 bits per heavy atom. The summed E-state index contributed by atoms with van der Waals surface area (Å²) in [6.45, 7) is 10.2. The lowest BCUT2D eigenvalue weighted by Gasteiger charge is -2.41. The molecule has 256 valence electrons. The molecule has 0 radical (unpaired) electrons. The summed E-state index contributed by atoms with van der Waals surface area (Å²) in [5.41, 5.74) is -1.46. The van der Waals surface area contributed by atoms with Gasteiger partial charge >= 0.3 is 33.4 Å². The van der Waals surface area contributed by atoms with Gasteiger partial charge in [-0.05, 0) is 113 Å². The fourth-order valence-corrected chi connectivity index (χ4v) is 9.14. The Kier molecular flexibility index (Phi) is 9.87. The third-order valence-corrected chi connectivity index (χ3v) is 11.1. The van der Waals surface area contributed by atoms with E-state index >= 15 is 8.78 Å². The maximum atomic E-state index is 15.1. The van der Waals surface area contributed by atoms with Crippen LogP contribution in [0, 0.1) is 0 Å². The molecule has 0 aliphatic carbocycles. The highest BCUT2D eigenvalue weighted by molar-refractivity contribution is 8.33. The van der Waals surface area contributed by atoms with Gasteiger partial charge in [0, 0.05) is 14.7 Å². The van der Waals surface area contributed by atoms with Gasteiger partial charge in [-0.25, -0.2) is 3.63 Å². The highest BCUT2D eigenvalue weighted by Crippen LogP contribution is 2.71. The van der Waals surface area contributed by atoms with Crippen LogP contribution >= 0.6 is 10.3 Å². The summed E-state index contributed by atoms with van der Waals surface area (Å²) in [6.07, 6.45) is -7.25. The maximum absolute atomic E-state index is 15.1. The van der Waals surface area contributed by atoms with Gasteiger partial charge in [0.1, 0.15) is 22.7 Å². The Labute approximate surface area is 262 Å². The predicted molar refractivity (Wildman–Crippen MR) is 153 cm³/mol. The van der Waals surface area contributed by atoms with Gasteiger partial charge in [-0.2, -0.15) is 47.9 Å². The predicted octanol–water partition coefficient (Wildman–Crippen LogP) is 10.0. The van der Waals surface area contributed by atoms with Crippen LogP contribution in [-0.4, -0.2) is 42.9 Å². The van der Waals surface area contributed by atoms with Gasteiger partial charge in [0.05, 0.1) is 0 Å². The zero-order valence-electron chi connectivity index (χ0n) is 25.3. The van der Waals surface area contributed by atoms with Crippen molar-refractivity contribution in [3.8, 4) is 11.5 Å². The lowest BCUT2D eigenvalue weighted by Crippen LogP contribution is -2.63. The second kappa shape index (κ2) is 12.2. The van der Waals surface area contributed by atoms with Gasteiger partial charge in [0.15, 0.2) is 0 Å². The normalized spacial score (nSPS) is 14.6. The second-order valence-electron chi connectivity index (χ2n) is 11.9. The summed E-state index contributed by atoms with van der Waals surface area (Å²) in [5.74, 6) is -14.6. The summed E-state index contributed by atoms with van der Waals surface area (Å²) < 4.78 is 168. The Balaban J connectivity index is 2.37. The van der Waals surface area contributed by atoms with E-state index in [1.54, 1.807) is 41.5 Å². The number of halogens is 9. The molecular weight excluding hydrogens is 675 g/mol. The molecule has 0 aliphatic rings. The van der Waals surface area contributed by atoms with Crippen LogP contribution in [0.2, 0.25) is 0 Å². The number of rotatable bonds is 10. The molecule has 3 rings (SSSR count). The SMILES string of the molecule is CC(C)(C)Oc1ccc(S(OS(=O)(=O)C(F)(F)C(F)(F)C(F)(F)C(F)(F)F)(c2ccccc2)c2ccc(OC(C)(C)C)cc2)cc1. The Bertz CT molecular complexity index is 1540. The van der Waals surface area contributed by atoms with Crippen LogP contribution in [0.4, 0.5) is 39.5 Å². The first-order valence-corrected chi connectivity index (χ1v) is 16.3. The first kappa shape index (κ1) is 37.3. The van der Waals surface area contributed by atoms with Gasteiger partial charge in [0.2, 0.25) is 0 Å². The molecule has 0 fully saturated rings. The molecule has 0 saturated heterocycles. The largest absolute Gasteiger partial charge is 0.488 e. The lowest BCUT2D eigenvalue weighted by molar-refractivity contribution is -0.382. The van der Waals surface area contributed by atoms with Gasteiger partial charge in [0.25, 0.3) is 0 Å². The van der Waals surface area contributed by atoms with Crippen molar-refractivity contribution in [3.05, 3.63) is 78.9 Å². The average molecular weight is 707 g/mol. The first-order chi connectivity index (χ1) is 20.7. The maximum Gasteiger partial charge on any atom is 0.460 e. The van der Waals surface area contributed by atoms with Crippen LogP contribution in [0.5, 0.6) is 11.5 Å². The molecule has 0 unspecified atom stereocenters. The highest BCUT2D eigenvalue weighted by Gasteiger charge is 2.86. The fourth-order valence-electron chi connectivity index (χ4n) is 3.94. The highest BCUT2D eigenvalue weighted by atomic mass is 32.3. The summed E-state index contributed by atoms with van der Waals surface area (Å²) >= 11 is 0. The molecule has 3 aromatic carbocycles. The van der Waals surface area contributed by atoms with Gasteiger partial charge < -0.3 is 9.47 Å². The first-order valence-electron chi connectivity index (χ1n) is 13.3.